The molecule has 0 bridgehead atoms. The summed E-state index contributed by atoms with van der Waals surface area (Å²) in [5, 5.41) is 5.44. The van der Waals surface area contributed by atoms with Gasteiger partial charge in [-0.2, -0.15) is 13.2 Å². The number of benzene rings is 2. The van der Waals surface area contributed by atoms with E-state index in [1.54, 1.807) is 20.0 Å². The second kappa shape index (κ2) is 11.0. The molecule has 34 heavy (non-hydrogen) atoms. The van der Waals surface area contributed by atoms with E-state index in [0.717, 1.165) is 11.6 Å². The molecule has 0 atom stereocenters. The molecule has 2 N–H and O–H groups in total. The first-order valence-corrected chi connectivity index (χ1v) is 10.7. The highest BCUT2D eigenvalue weighted by molar-refractivity contribution is 5.91. The van der Waals surface area contributed by atoms with Crippen LogP contribution in [-0.4, -0.2) is 17.9 Å². The molecule has 0 saturated heterocycles. The fourth-order valence-corrected chi connectivity index (χ4v) is 3.58. The van der Waals surface area contributed by atoms with Crippen molar-refractivity contribution in [2.24, 2.45) is 0 Å². The summed E-state index contributed by atoms with van der Waals surface area (Å²) in [6.45, 7) is 1.87. The Labute approximate surface area is 195 Å². The zero-order chi connectivity index (χ0) is 24.7. The van der Waals surface area contributed by atoms with Crippen LogP contribution in [0.4, 0.5) is 23.2 Å². The number of hydrogen-bond acceptors (Lipinski definition) is 3. The van der Waals surface area contributed by atoms with Gasteiger partial charge in [0.25, 0.3) is 0 Å². The van der Waals surface area contributed by atoms with E-state index in [2.05, 4.69) is 15.6 Å². The maximum absolute atomic E-state index is 14.1. The normalized spacial score (nSPS) is 11.6. The average molecular weight is 471 g/mol. The Morgan fingerprint density at radius 3 is 2.41 bits per heavy atom. The Hall–Kier alpha value is -3.68. The fraction of sp³-hybridized carbons (Fsp3) is 0.231. The van der Waals surface area contributed by atoms with Crippen LogP contribution in [0.5, 0.6) is 0 Å². The number of carbonyl (C=O) groups excluding carboxylic acids is 1. The van der Waals surface area contributed by atoms with Crippen molar-refractivity contribution >= 4 is 17.7 Å². The van der Waals surface area contributed by atoms with Gasteiger partial charge in [0.1, 0.15) is 11.5 Å². The number of hydrogen-bond donors (Lipinski definition) is 2. The van der Waals surface area contributed by atoms with Gasteiger partial charge >= 0.3 is 6.18 Å². The Balaban J connectivity index is 1.72. The standard InChI is InChI=1S/C26H25F4N3O/c1-17-14-19(15-21(27)25(17)31-2)16-32-24(34)13-10-20-9-12-23(26(28,29)30)33-22(20)11-8-18-6-4-3-5-7-18/h3-7,9-10,12-15,31H,8,11,16H2,1-2H3,(H,32,34)/b13-10+. The Morgan fingerprint density at radius 1 is 1.03 bits per heavy atom. The number of halogens is 4. The lowest BCUT2D eigenvalue weighted by atomic mass is 10.0. The van der Waals surface area contributed by atoms with Crippen LogP contribution in [0.2, 0.25) is 0 Å². The van der Waals surface area contributed by atoms with Gasteiger partial charge in [0.05, 0.1) is 5.69 Å². The first kappa shape index (κ1) is 25.0. The van der Waals surface area contributed by atoms with E-state index in [1.807, 2.05) is 30.3 Å². The second-order valence-corrected chi connectivity index (χ2v) is 7.79. The Morgan fingerprint density at radius 2 is 1.76 bits per heavy atom. The Bertz CT molecular complexity index is 1150. The average Bonchev–Trinajstić information content (AvgIpc) is 2.80. The van der Waals surface area contributed by atoms with Crippen molar-refractivity contribution in [1.82, 2.24) is 10.3 Å². The summed E-state index contributed by atoms with van der Waals surface area (Å²) in [5.41, 5.74) is 2.38. The van der Waals surface area contributed by atoms with Gasteiger partial charge < -0.3 is 10.6 Å². The third kappa shape index (κ3) is 6.66. The summed E-state index contributed by atoms with van der Waals surface area (Å²) in [6, 6.07) is 14.7. The molecule has 3 aromatic rings. The van der Waals surface area contributed by atoms with E-state index in [9.17, 15) is 22.4 Å². The van der Waals surface area contributed by atoms with Gasteiger partial charge in [-0.15, -0.1) is 0 Å². The number of carbonyl (C=O) groups is 1. The minimum absolute atomic E-state index is 0.108. The summed E-state index contributed by atoms with van der Waals surface area (Å²) in [4.78, 5) is 16.1. The molecule has 4 nitrogen and oxygen atoms in total. The predicted molar refractivity (Wildman–Crippen MR) is 125 cm³/mol. The first-order valence-electron chi connectivity index (χ1n) is 10.7. The van der Waals surface area contributed by atoms with E-state index in [4.69, 9.17) is 0 Å². The zero-order valence-electron chi connectivity index (χ0n) is 18.8. The van der Waals surface area contributed by atoms with Crippen molar-refractivity contribution in [3.05, 3.63) is 100 Å². The van der Waals surface area contributed by atoms with Crippen molar-refractivity contribution in [3.8, 4) is 0 Å². The molecule has 0 aliphatic heterocycles. The van der Waals surface area contributed by atoms with Gasteiger partial charge in [-0.25, -0.2) is 9.37 Å². The number of anilines is 1. The van der Waals surface area contributed by atoms with E-state index in [-0.39, 0.29) is 18.7 Å². The molecule has 3 rings (SSSR count). The summed E-state index contributed by atoms with van der Waals surface area (Å²) in [6.07, 6.45) is -1.08. The van der Waals surface area contributed by atoms with Crippen molar-refractivity contribution in [2.45, 2.75) is 32.5 Å². The molecular formula is C26H25F4N3O. The molecule has 0 aliphatic carbocycles. The maximum atomic E-state index is 14.1. The summed E-state index contributed by atoms with van der Waals surface area (Å²) in [7, 11) is 1.63. The minimum Gasteiger partial charge on any atom is -0.386 e. The van der Waals surface area contributed by atoms with Crippen LogP contribution in [0.3, 0.4) is 0 Å². The third-order valence-electron chi connectivity index (χ3n) is 5.27. The van der Waals surface area contributed by atoms with Gasteiger partial charge in [0.15, 0.2) is 0 Å². The molecule has 0 saturated carbocycles. The van der Waals surface area contributed by atoms with Crippen LogP contribution in [-0.2, 0) is 30.4 Å². The van der Waals surface area contributed by atoms with E-state index >= 15 is 0 Å². The highest BCUT2D eigenvalue weighted by atomic mass is 19.4. The summed E-state index contributed by atoms with van der Waals surface area (Å²) >= 11 is 0. The fourth-order valence-electron chi connectivity index (χ4n) is 3.58. The van der Waals surface area contributed by atoms with Crippen LogP contribution in [0, 0.1) is 12.7 Å². The molecule has 0 spiro atoms. The number of pyridine rings is 1. The number of alkyl halides is 3. The zero-order valence-corrected chi connectivity index (χ0v) is 18.8. The molecule has 1 heterocycles. The van der Waals surface area contributed by atoms with Crippen molar-refractivity contribution < 1.29 is 22.4 Å². The van der Waals surface area contributed by atoms with Gasteiger partial charge in [-0.3, -0.25) is 4.79 Å². The number of aryl methyl sites for hydroxylation is 3. The monoisotopic (exact) mass is 471 g/mol. The molecule has 2 aromatic carbocycles. The number of nitrogens with one attached hydrogen (secondary N) is 2. The number of amides is 1. The molecule has 0 aliphatic rings. The predicted octanol–water partition coefficient (Wildman–Crippen LogP) is 5.70. The number of nitrogens with zero attached hydrogens (tertiary/aromatic N) is 1. The van der Waals surface area contributed by atoms with Crippen molar-refractivity contribution in [2.75, 3.05) is 12.4 Å². The molecule has 0 unspecified atom stereocenters. The van der Waals surface area contributed by atoms with E-state index < -0.39 is 23.6 Å². The highest BCUT2D eigenvalue weighted by Gasteiger charge is 2.32. The van der Waals surface area contributed by atoms with E-state index in [0.29, 0.717) is 28.8 Å². The lowest BCUT2D eigenvalue weighted by molar-refractivity contribution is -0.141. The lowest BCUT2D eigenvalue weighted by Crippen LogP contribution is -2.20. The van der Waals surface area contributed by atoms with Crippen LogP contribution >= 0.6 is 0 Å². The largest absolute Gasteiger partial charge is 0.433 e. The lowest BCUT2D eigenvalue weighted by Gasteiger charge is -2.11. The van der Waals surface area contributed by atoms with E-state index in [1.165, 1.54) is 24.3 Å². The maximum Gasteiger partial charge on any atom is 0.433 e. The van der Waals surface area contributed by atoms with Gasteiger partial charge in [0, 0.05) is 25.4 Å². The smallest absolute Gasteiger partial charge is 0.386 e. The molecule has 178 valence electrons. The van der Waals surface area contributed by atoms with Gasteiger partial charge in [-0.1, -0.05) is 42.5 Å². The summed E-state index contributed by atoms with van der Waals surface area (Å²) < 4.78 is 53.6. The quantitative estimate of drug-likeness (QED) is 0.327. The minimum atomic E-state index is -4.56. The molecule has 1 aromatic heterocycles. The molecule has 0 fully saturated rings. The van der Waals surface area contributed by atoms with Crippen LogP contribution < -0.4 is 10.6 Å². The van der Waals surface area contributed by atoms with Crippen molar-refractivity contribution in [1.29, 1.82) is 0 Å². The van der Waals surface area contributed by atoms with Crippen LogP contribution in [0.15, 0.2) is 60.7 Å². The van der Waals surface area contributed by atoms with Gasteiger partial charge in [-0.05, 0) is 60.2 Å². The van der Waals surface area contributed by atoms with Crippen LogP contribution in [0.25, 0.3) is 6.08 Å². The number of aromatic nitrogens is 1. The Kier molecular flexibility index (Phi) is 8.04. The molecule has 0 radical (unpaired) electrons. The molecule has 1 amide bonds. The first-order chi connectivity index (χ1) is 16.2. The molecular weight excluding hydrogens is 446 g/mol. The summed E-state index contributed by atoms with van der Waals surface area (Å²) in [5.74, 6) is -0.870. The second-order valence-electron chi connectivity index (χ2n) is 7.79. The van der Waals surface area contributed by atoms with Crippen molar-refractivity contribution in [3.63, 3.8) is 0 Å². The topological polar surface area (TPSA) is 54.0 Å². The SMILES string of the molecule is CNc1c(C)cc(CNC(=O)/C=C/c2ccc(C(F)(F)F)nc2CCc2ccccc2)cc1F. The van der Waals surface area contributed by atoms with Gasteiger partial charge in [0.2, 0.25) is 5.91 Å². The third-order valence-corrected chi connectivity index (χ3v) is 5.27. The number of rotatable bonds is 8. The highest BCUT2D eigenvalue weighted by Crippen LogP contribution is 2.29. The molecule has 8 heteroatoms. The van der Waals surface area contributed by atoms with Crippen LogP contribution in [0.1, 0.15) is 33.6 Å².